The molecular weight excluding hydrogens is 338 g/mol. The molecule has 1 aromatic carbocycles. The van der Waals surface area contributed by atoms with Crippen molar-refractivity contribution in [3.8, 4) is 0 Å². The standard InChI is InChI=1S/C18H27N3O3S/c22-18(20-13-14-5-4-10-19-12-14)15-6-3-9-17(11-15)25(23,24)21-16-7-1-2-8-16/h3,6,9,11,14,16,19,21H,1-2,4-5,7-8,10,12-13H2,(H,20,22). The minimum Gasteiger partial charge on any atom is -0.352 e. The van der Waals surface area contributed by atoms with E-state index in [1.165, 1.54) is 6.07 Å². The molecular formula is C18H27N3O3S. The Kier molecular flexibility index (Phi) is 6.09. The molecule has 0 radical (unpaired) electrons. The zero-order chi connectivity index (χ0) is 17.7. The minimum absolute atomic E-state index is 0.0151. The van der Waals surface area contributed by atoms with Gasteiger partial charge in [-0.25, -0.2) is 13.1 Å². The van der Waals surface area contributed by atoms with Gasteiger partial charge < -0.3 is 10.6 Å². The fourth-order valence-electron chi connectivity index (χ4n) is 3.57. The maximum Gasteiger partial charge on any atom is 0.251 e. The number of amides is 1. The molecule has 1 saturated carbocycles. The Morgan fingerprint density at radius 3 is 2.68 bits per heavy atom. The second kappa shape index (κ2) is 8.29. The van der Waals surface area contributed by atoms with Gasteiger partial charge in [-0.05, 0) is 62.9 Å². The summed E-state index contributed by atoms with van der Waals surface area (Å²) in [5.74, 6) is 0.220. The molecule has 1 unspecified atom stereocenters. The van der Waals surface area contributed by atoms with Gasteiger partial charge in [0.15, 0.2) is 0 Å². The van der Waals surface area contributed by atoms with Crippen LogP contribution in [0.4, 0.5) is 0 Å². The molecule has 138 valence electrons. The van der Waals surface area contributed by atoms with Crippen LogP contribution in [-0.2, 0) is 10.0 Å². The number of nitrogens with one attached hydrogen (secondary N) is 3. The number of carbonyl (C=O) groups excluding carboxylic acids is 1. The highest BCUT2D eigenvalue weighted by atomic mass is 32.2. The molecule has 1 aromatic rings. The molecule has 1 aliphatic carbocycles. The minimum atomic E-state index is -3.58. The van der Waals surface area contributed by atoms with E-state index >= 15 is 0 Å². The van der Waals surface area contributed by atoms with Gasteiger partial charge in [-0.1, -0.05) is 18.9 Å². The first kappa shape index (κ1) is 18.4. The quantitative estimate of drug-likeness (QED) is 0.715. The molecule has 1 aliphatic heterocycles. The van der Waals surface area contributed by atoms with E-state index in [1.807, 2.05) is 0 Å². The van der Waals surface area contributed by atoms with Gasteiger partial charge in [0, 0.05) is 18.2 Å². The summed E-state index contributed by atoms with van der Waals surface area (Å²) in [4.78, 5) is 12.5. The van der Waals surface area contributed by atoms with E-state index in [2.05, 4.69) is 15.4 Å². The number of hydrogen-bond acceptors (Lipinski definition) is 4. The third-order valence-corrected chi connectivity index (χ3v) is 6.55. The first-order chi connectivity index (χ1) is 12.0. The van der Waals surface area contributed by atoms with E-state index in [9.17, 15) is 13.2 Å². The molecule has 7 heteroatoms. The number of sulfonamides is 1. The predicted octanol–water partition coefficient (Wildman–Crippen LogP) is 1.64. The second-order valence-corrected chi connectivity index (χ2v) is 8.77. The molecule has 25 heavy (non-hydrogen) atoms. The second-order valence-electron chi connectivity index (χ2n) is 7.05. The monoisotopic (exact) mass is 365 g/mol. The molecule has 1 heterocycles. The van der Waals surface area contributed by atoms with Gasteiger partial charge in [-0.15, -0.1) is 0 Å². The van der Waals surface area contributed by atoms with Crippen LogP contribution in [0.15, 0.2) is 29.2 Å². The van der Waals surface area contributed by atoms with Crippen molar-refractivity contribution >= 4 is 15.9 Å². The van der Waals surface area contributed by atoms with Gasteiger partial charge in [0.2, 0.25) is 10.0 Å². The summed E-state index contributed by atoms with van der Waals surface area (Å²) >= 11 is 0. The number of rotatable bonds is 6. The number of benzene rings is 1. The van der Waals surface area contributed by atoms with Crippen molar-refractivity contribution in [1.82, 2.24) is 15.4 Å². The van der Waals surface area contributed by atoms with E-state index in [-0.39, 0.29) is 16.8 Å². The van der Waals surface area contributed by atoms with Crippen LogP contribution >= 0.6 is 0 Å². The third-order valence-electron chi connectivity index (χ3n) is 5.03. The van der Waals surface area contributed by atoms with Crippen molar-refractivity contribution in [2.75, 3.05) is 19.6 Å². The van der Waals surface area contributed by atoms with E-state index in [4.69, 9.17) is 0 Å². The van der Waals surface area contributed by atoms with Crippen molar-refractivity contribution in [3.63, 3.8) is 0 Å². The molecule has 2 fully saturated rings. The highest BCUT2D eigenvalue weighted by Gasteiger charge is 2.23. The maximum absolute atomic E-state index is 12.5. The number of hydrogen-bond donors (Lipinski definition) is 3. The number of carbonyl (C=O) groups is 1. The normalized spacial score (nSPS) is 22.0. The van der Waals surface area contributed by atoms with Crippen molar-refractivity contribution in [3.05, 3.63) is 29.8 Å². The van der Waals surface area contributed by atoms with Crippen molar-refractivity contribution in [1.29, 1.82) is 0 Å². The Labute approximate surface area is 149 Å². The Morgan fingerprint density at radius 2 is 1.96 bits per heavy atom. The molecule has 6 nitrogen and oxygen atoms in total. The first-order valence-corrected chi connectivity index (χ1v) is 10.6. The van der Waals surface area contributed by atoms with Crippen LogP contribution in [0.3, 0.4) is 0 Å². The summed E-state index contributed by atoms with van der Waals surface area (Å²) in [6.45, 7) is 2.57. The summed E-state index contributed by atoms with van der Waals surface area (Å²) in [5.41, 5.74) is 0.387. The number of piperidine rings is 1. The average Bonchev–Trinajstić information content (AvgIpc) is 3.13. The molecule has 0 bridgehead atoms. The highest BCUT2D eigenvalue weighted by molar-refractivity contribution is 7.89. The molecule has 0 spiro atoms. The first-order valence-electron chi connectivity index (χ1n) is 9.16. The van der Waals surface area contributed by atoms with Gasteiger partial charge in [0.1, 0.15) is 0 Å². The molecule has 0 aromatic heterocycles. The maximum atomic E-state index is 12.5. The van der Waals surface area contributed by atoms with E-state index < -0.39 is 10.0 Å². The van der Waals surface area contributed by atoms with Gasteiger partial charge in [0.05, 0.1) is 4.90 Å². The largest absolute Gasteiger partial charge is 0.352 e. The summed E-state index contributed by atoms with van der Waals surface area (Å²) in [7, 11) is -3.58. The lowest BCUT2D eigenvalue weighted by Gasteiger charge is -2.22. The van der Waals surface area contributed by atoms with E-state index in [0.29, 0.717) is 18.0 Å². The Balaban J connectivity index is 1.62. The average molecular weight is 365 g/mol. The molecule has 3 N–H and O–H groups in total. The Morgan fingerprint density at radius 1 is 1.16 bits per heavy atom. The lowest BCUT2D eigenvalue weighted by atomic mass is 10.00. The third kappa shape index (κ3) is 5.03. The van der Waals surface area contributed by atoms with Gasteiger partial charge in [-0.3, -0.25) is 4.79 Å². The zero-order valence-corrected chi connectivity index (χ0v) is 15.3. The summed E-state index contributed by atoms with van der Waals surface area (Å²) in [5, 5.41) is 6.25. The van der Waals surface area contributed by atoms with Crippen LogP contribution in [0.25, 0.3) is 0 Å². The molecule has 2 aliphatic rings. The predicted molar refractivity (Wildman–Crippen MR) is 96.9 cm³/mol. The molecule has 1 saturated heterocycles. The van der Waals surface area contributed by atoms with Gasteiger partial charge >= 0.3 is 0 Å². The summed E-state index contributed by atoms with van der Waals surface area (Å²) in [6.07, 6.45) is 6.12. The molecule has 1 atom stereocenters. The van der Waals surface area contributed by atoms with Crippen LogP contribution in [0.5, 0.6) is 0 Å². The van der Waals surface area contributed by atoms with E-state index in [0.717, 1.165) is 51.6 Å². The van der Waals surface area contributed by atoms with Gasteiger partial charge in [-0.2, -0.15) is 0 Å². The SMILES string of the molecule is O=C(NCC1CCCNC1)c1cccc(S(=O)(=O)NC2CCCC2)c1. The van der Waals surface area contributed by atoms with Crippen LogP contribution in [-0.4, -0.2) is 40.0 Å². The topological polar surface area (TPSA) is 87.3 Å². The van der Waals surface area contributed by atoms with Crippen molar-refractivity contribution in [2.45, 2.75) is 49.5 Å². The van der Waals surface area contributed by atoms with Crippen LogP contribution in [0.2, 0.25) is 0 Å². The Bertz CT molecular complexity index is 693. The van der Waals surface area contributed by atoms with Crippen molar-refractivity contribution in [2.24, 2.45) is 5.92 Å². The molecule has 3 rings (SSSR count). The highest BCUT2D eigenvalue weighted by Crippen LogP contribution is 2.21. The fraction of sp³-hybridized carbons (Fsp3) is 0.611. The lowest BCUT2D eigenvalue weighted by Crippen LogP contribution is -2.38. The van der Waals surface area contributed by atoms with Crippen molar-refractivity contribution < 1.29 is 13.2 Å². The zero-order valence-electron chi connectivity index (χ0n) is 14.5. The van der Waals surface area contributed by atoms with Crippen LogP contribution in [0, 0.1) is 5.92 Å². The van der Waals surface area contributed by atoms with Gasteiger partial charge in [0.25, 0.3) is 5.91 Å². The smallest absolute Gasteiger partial charge is 0.251 e. The summed E-state index contributed by atoms with van der Waals surface area (Å²) < 4.78 is 27.8. The lowest BCUT2D eigenvalue weighted by molar-refractivity contribution is 0.0944. The Hall–Kier alpha value is -1.44. The summed E-state index contributed by atoms with van der Waals surface area (Å²) in [6, 6.07) is 6.30. The fourth-order valence-corrected chi connectivity index (χ4v) is 4.92. The molecule has 1 amide bonds. The van der Waals surface area contributed by atoms with Crippen LogP contribution in [0.1, 0.15) is 48.9 Å². The van der Waals surface area contributed by atoms with E-state index in [1.54, 1.807) is 18.2 Å². The van der Waals surface area contributed by atoms with Crippen LogP contribution < -0.4 is 15.4 Å².